The predicted octanol–water partition coefficient (Wildman–Crippen LogP) is 3.75. The van der Waals surface area contributed by atoms with Crippen molar-refractivity contribution < 1.29 is 9.90 Å². The Bertz CT molecular complexity index is 1480. The maximum absolute atomic E-state index is 11.9. The first kappa shape index (κ1) is 20.7. The second-order valence-corrected chi connectivity index (χ2v) is 8.05. The van der Waals surface area contributed by atoms with Crippen LogP contribution in [0.5, 0.6) is 0 Å². The molecule has 3 aromatic heterocycles. The van der Waals surface area contributed by atoms with Crippen LogP contribution in [0.1, 0.15) is 40.3 Å². The van der Waals surface area contributed by atoms with Gasteiger partial charge in [-0.05, 0) is 49.7 Å². The lowest BCUT2D eigenvalue weighted by molar-refractivity contribution is 0.100. The number of carbonyl (C=O) groups is 1. The molecule has 3 heterocycles. The average Bonchev–Trinajstić information content (AvgIpc) is 3.38. The minimum absolute atomic E-state index is 0.422. The van der Waals surface area contributed by atoms with Gasteiger partial charge >= 0.3 is 0 Å². The number of rotatable bonds is 6. The summed E-state index contributed by atoms with van der Waals surface area (Å²) in [6, 6.07) is 21.1. The number of nitrogens with two attached hydrogens (primary N) is 1. The summed E-state index contributed by atoms with van der Waals surface area (Å²) >= 11 is 0. The molecule has 0 bridgehead atoms. The zero-order valence-corrected chi connectivity index (χ0v) is 18.4. The summed E-state index contributed by atoms with van der Waals surface area (Å²) in [5.41, 5.74) is 10.2. The van der Waals surface area contributed by atoms with Crippen molar-refractivity contribution in [1.82, 2.24) is 19.2 Å². The van der Waals surface area contributed by atoms with Gasteiger partial charge in [-0.25, -0.2) is 4.52 Å². The summed E-state index contributed by atoms with van der Waals surface area (Å²) in [6.45, 7) is 4.22. The maximum atomic E-state index is 11.9. The Balaban J connectivity index is 1.70. The molecular weight excluding hydrogens is 416 g/mol. The summed E-state index contributed by atoms with van der Waals surface area (Å²) < 4.78 is 3.60. The number of hydrogen-bond acceptors (Lipinski definition) is 5. The van der Waals surface area contributed by atoms with Crippen molar-refractivity contribution in [3.8, 4) is 5.95 Å². The number of anilines is 1. The van der Waals surface area contributed by atoms with Gasteiger partial charge in [-0.1, -0.05) is 36.4 Å². The van der Waals surface area contributed by atoms with Crippen molar-refractivity contribution >= 4 is 28.1 Å². The second kappa shape index (κ2) is 8.07. The Morgan fingerprint density at radius 1 is 1.09 bits per heavy atom. The fourth-order valence-electron chi connectivity index (χ4n) is 4.17. The first-order valence-corrected chi connectivity index (χ1v) is 10.7. The van der Waals surface area contributed by atoms with E-state index in [0.717, 1.165) is 27.7 Å². The fourth-order valence-corrected chi connectivity index (χ4v) is 4.17. The van der Waals surface area contributed by atoms with Crippen LogP contribution in [0.25, 0.3) is 22.4 Å². The van der Waals surface area contributed by atoms with E-state index in [9.17, 15) is 9.90 Å². The van der Waals surface area contributed by atoms with Crippen molar-refractivity contribution in [2.24, 2.45) is 5.73 Å². The average molecular weight is 441 g/mol. The highest BCUT2D eigenvalue weighted by Crippen LogP contribution is 2.28. The molecule has 0 radical (unpaired) electrons. The van der Waals surface area contributed by atoms with Crippen LogP contribution in [0.15, 0.2) is 66.7 Å². The topological polar surface area (TPSA) is 110 Å². The summed E-state index contributed by atoms with van der Waals surface area (Å²) in [5, 5.41) is 19.2. The molecule has 33 heavy (non-hydrogen) atoms. The Morgan fingerprint density at radius 3 is 2.61 bits per heavy atom. The van der Waals surface area contributed by atoms with Gasteiger partial charge in [0.1, 0.15) is 5.52 Å². The van der Waals surface area contributed by atoms with Crippen molar-refractivity contribution in [2.45, 2.75) is 26.5 Å². The third kappa shape index (κ3) is 3.60. The van der Waals surface area contributed by atoms with Gasteiger partial charge in [-0.2, -0.15) is 4.98 Å². The molecular formula is C25H24N6O2. The van der Waals surface area contributed by atoms with Crippen LogP contribution >= 0.6 is 0 Å². The van der Waals surface area contributed by atoms with E-state index in [-0.39, 0.29) is 0 Å². The number of aryl methyl sites for hydroxylation is 1. The van der Waals surface area contributed by atoms with Crippen LogP contribution in [-0.2, 0) is 6.54 Å². The Hall–Kier alpha value is -4.17. The molecule has 0 aliphatic rings. The molecule has 0 saturated heterocycles. The number of benzene rings is 2. The molecule has 1 atom stereocenters. The van der Waals surface area contributed by atoms with Crippen LogP contribution < -0.4 is 11.1 Å². The van der Waals surface area contributed by atoms with Gasteiger partial charge in [0.25, 0.3) is 5.95 Å². The predicted molar refractivity (Wildman–Crippen MR) is 127 cm³/mol. The van der Waals surface area contributed by atoms with E-state index >= 15 is 0 Å². The number of primary amides is 1. The molecule has 0 fully saturated rings. The van der Waals surface area contributed by atoms with E-state index < -0.39 is 12.0 Å². The van der Waals surface area contributed by atoms with Crippen LogP contribution in [-0.4, -0.2) is 30.2 Å². The molecule has 5 aromatic rings. The molecule has 8 nitrogen and oxygen atoms in total. The van der Waals surface area contributed by atoms with Crippen molar-refractivity contribution in [3.05, 3.63) is 89.2 Å². The zero-order chi connectivity index (χ0) is 23.1. The number of amides is 1. The summed E-state index contributed by atoms with van der Waals surface area (Å²) in [4.78, 5) is 16.8. The minimum Gasteiger partial charge on any atom is -0.387 e. The number of aromatic nitrogens is 4. The van der Waals surface area contributed by atoms with E-state index in [2.05, 4.69) is 5.32 Å². The molecule has 4 N–H and O–H groups in total. The quantitative estimate of drug-likeness (QED) is 0.372. The molecule has 2 aromatic carbocycles. The van der Waals surface area contributed by atoms with Gasteiger partial charge in [-0.3, -0.25) is 9.36 Å². The van der Waals surface area contributed by atoms with Crippen molar-refractivity contribution in [1.29, 1.82) is 0 Å². The molecule has 0 aliphatic carbocycles. The fraction of sp³-hybridized carbons (Fsp3) is 0.160. The van der Waals surface area contributed by atoms with Crippen LogP contribution in [0, 0.1) is 6.92 Å². The molecule has 0 spiro atoms. The molecule has 5 rings (SSSR count). The summed E-state index contributed by atoms with van der Waals surface area (Å²) in [5.74, 6) is 0.578. The lowest BCUT2D eigenvalue weighted by Gasteiger charge is -2.14. The Labute approximate surface area is 190 Å². The van der Waals surface area contributed by atoms with Gasteiger partial charge in [0.15, 0.2) is 5.82 Å². The van der Waals surface area contributed by atoms with Crippen molar-refractivity contribution in [2.75, 3.05) is 5.32 Å². The number of fused-ring (bicyclic) bond motifs is 2. The first-order valence-electron chi connectivity index (χ1n) is 10.7. The Kier molecular flexibility index (Phi) is 5.07. The molecule has 1 amide bonds. The molecule has 1 unspecified atom stereocenters. The van der Waals surface area contributed by atoms with Gasteiger partial charge < -0.3 is 16.2 Å². The number of nitrogens with zero attached hydrogens (tertiary/aromatic N) is 4. The third-order valence-electron chi connectivity index (χ3n) is 5.75. The molecule has 0 saturated carbocycles. The number of hydrogen-bond donors (Lipinski definition) is 3. The van der Waals surface area contributed by atoms with Gasteiger partial charge in [-0.15, -0.1) is 5.10 Å². The highest BCUT2D eigenvalue weighted by Gasteiger charge is 2.19. The van der Waals surface area contributed by atoms with E-state index in [1.165, 1.54) is 0 Å². The SMILES string of the molecule is Cc1cc2c(C(N)=O)cccc2n1-c1nc(NCc2ccccc2)c2ccc(C(C)O)n2n1. The smallest absolute Gasteiger partial charge is 0.254 e. The van der Waals surface area contributed by atoms with Gasteiger partial charge in [0.2, 0.25) is 5.91 Å². The lowest BCUT2D eigenvalue weighted by atomic mass is 10.1. The minimum atomic E-state index is -0.707. The van der Waals surface area contributed by atoms with E-state index in [1.807, 2.05) is 66.1 Å². The van der Waals surface area contributed by atoms with Crippen LogP contribution in [0.2, 0.25) is 0 Å². The number of carbonyl (C=O) groups excluding carboxylic acids is 1. The lowest BCUT2D eigenvalue weighted by Crippen LogP contribution is -2.13. The second-order valence-electron chi connectivity index (χ2n) is 8.05. The molecule has 0 aliphatic heterocycles. The summed E-state index contributed by atoms with van der Waals surface area (Å²) in [6.07, 6.45) is -0.707. The highest BCUT2D eigenvalue weighted by atomic mass is 16.3. The number of aliphatic hydroxyl groups is 1. The third-order valence-corrected chi connectivity index (χ3v) is 5.75. The standard InChI is InChI=1S/C25H24N6O2/c1-15-13-19-18(23(26)33)9-6-10-21(19)30(15)25-28-24(27-14-17-7-4-3-5-8-17)22-12-11-20(16(2)32)31(22)29-25/h3-13,16,32H,14H2,1-2H3,(H2,26,33)(H,27,28,29). The summed E-state index contributed by atoms with van der Waals surface area (Å²) in [7, 11) is 0. The van der Waals surface area contributed by atoms with E-state index in [1.54, 1.807) is 23.6 Å². The highest BCUT2D eigenvalue weighted by molar-refractivity contribution is 6.06. The van der Waals surface area contributed by atoms with E-state index in [4.69, 9.17) is 15.8 Å². The number of aliphatic hydroxyl groups excluding tert-OH is 1. The first-order chi connectivity index (χ1) is 15.9. The van der Waals surface area contributed by atoms with Crippen LogP contribution in [0.4, 0.5) is 5.82 Å². The normalized spacial score (nSPS) is 12.3. The van der Waals surface area contributed by atoms with Crippen LogP contribution in [0.3, 0.4) is 0 Å². The molecule has 166 valence electrons. The van der Waals surface area contributed by atoms with Crippen molar-refractivity contribution in [3.63, 3.8) is 0 Å². The molecule has 8 heteroatoms. The van der Waals surface area contributed by atoms with E-state index in [0.29, 0.717) is 29.6 Å². The zero-order valence-electron chi connectivity index (χ0n) is 18.4. The van der Waals surface area contributed by atoms with Gasteiger partial charge in [0.05, 0.1) is 17.3 Å². The maximum Gasteiger partial charge on any atom is 0.254 e. The largest absolute Gasteiger partial charge is 0.387 e. The number of nitrogens with one attached hydrogen (secondary N) is 1. The Morgan fingerprint density at radius 2 is 1.88 bits per heavy atom. The monoisotopic (exact) mass is 440 g/mol. The van der Waals surface area contributed by atoms with Gasteiger partial charge in [0, 0.05) is 23.2 Å².